The summed E-state index contributed by atoms with van der Waals surface area (Å²) in [5, 5.41) is 11.8. The van der Waals surface area contributed by atoms with Crippen molar-refractivity contribution in [2.75, 3.05) is 0 Å². The van der Waals surface area contributed by atoms with Gasteiger partial charge in [0.05, 0.1) is 0 Å². The summed E-state index contributed by atoms with van der Waals surface area (Å²) in [4.78, 5) is 11.8. The average molecular weight is 269 g/mol. The molecule has 2 atom stereocenters. The van der Waals surface area contributed by atoms with Crippen LogP contribution in [0.2, 0.25) is 0 Å². The minimum absolute atomic E-state index is 0.109. The summed E-state index contributed by atoms with van der Waals surface area (Å²) in [6, 6.07) is 8.79. The molecule has 0 amide bonds. The standard InChI is InChI=1S/C18H22O2/c1-12-2-4-15(5-3-12)17-7-13-6-14(8-17)10-18(9-13,11-17)16(19)20/h2-5,13-14H,6-11H2,1H3,(H,19,20)/p-1. The molecule has 0 saturated heterocycles. The van der Waals surface area contributed by atoms with Gasteiger partial charge in [0.25, 0.3) is 0 Å². The van der Waals surface area contributed by atoms with E-state index in [9.17, 15) is 9.90 Å². The number of aryl methyl sites for hydroxylation is 1. The van der Waals surface area contributed by atoms with E-state index in [4.69, 9.17) is 0 Å². The van der Waals surface area contributed by atoms with E-state index in [-0.39, 0.29) is 5.41 Å². The number of carboxylic acids is 1. The highest BCUT2D eigenvalue weighted by atomic mass is 16.4. The molecule has 5 rings (SSSR count). The molecule has 0 N–H and O–H groups in total. The van der Waals surface area contributed by atoms with Gasteiger partial charge in [-0.05, 0) is 68.3 Å². The highest BCUT2D eigenvalue weighted by Crippen LogP contribution is 2.65. The zero-order chi connectivity index (χ0) is 14.0. The monoisotopic (exact) mass is 269 g/mol. The Bertz CT molecular complexity index is 543. The minimum atomic E-state index is -0.789. The second-order valence-corrected chi connectivity index (χ2v) is 7.68. The number of aliphatic carboxylic acids is 1. The molecule has 4 bridgehead atoms. The molecular formula is C18H21O2-. The molecule has 0 spiro atoms. The van der Waals surface area contributed by atoms with Crippen molar-refractivity contribution in [3.8, 4) is 0 Å². The topological polar surface area (TPSA) is 40.1 Å². The Morgan fingerprint density at radius 2 is 1.70 bits per heavy atom. The number of carboxylic acid groups (broad SMARTS) is 1. The first-order chi connectivity index (χ1) is 9.51. The van der Waals surface area contributed by atoms with Gasteiger partial charge in [0.15, 0.2) is 0 Å². The zero-order valence-corrected chi connectivity index (χ0v) is 12.0. The lowest BCUT2D eigenvalue weighted by Crippen LogP contribution is -2.59. The van der Waals surface area contributed by atoms with Crippen molar-refractivity contribution in [1.29, 1.82) is 0 Å². The van der Waals surface area contributed by atoms with Gasteiger partial charge in [-0.1, -0.05) is 29.8 Å². The van der Waals surface area contributed by atoms with Gasteiger partial charge in [-0.25, -0.2) is 0 Å². The summed E-state index contributed by atoms with van der Waals surface area (Å²) in [6.07, 6.45) is 6.13. The first-order valence-electron chi connectivity index (χ1n) is 7.80. The maximum absolute atomic E-state index is 11.8. The number of carbonyl (C=O) groups excluding carboxylic acids is 1. The summed E-state index contributed by atoms with van der Waals surface area (Å²) in [7, 11) is 0. The molecule has 4 aliphatic carbocycles. The van der Waals surface area contributed by atoms with Crippen LogP contribution in [-0.2, 0) is 10.2 Å². The van der Waals surface area contributed by atoms with E-state index >= 15 is 0 Å². The molecule has 20 heavy (non-hydrogen) atoms. The first-order valence-corrected chi connectivity index (χ1v) is 7.80. The lowest BCUT2D eigenvalue weighted by molar-refractivity contribution is -0.327. The van der Waals surface area contributed by atoms with Crippen molar-refractivity contribution in [3.63, 3.8) is 0 Å². The maximum Gasteiger partial charge on any atom is 0.0476 e. The second-order valence-electron chi connectivity index (χ2n) is 7.68. The third kappa shape index (κ3) is 1.60. The zero-order valence-electron chi connectivity index (χ0n) is 12.0. The first kappa shape index (κ1) is 12.4. The summed E-state index contributed by atoms with van der Waals surface area (Å²) in [5.74, 6) is 0.397. The molecule has 1 aromatic carbocycles. The van der Waals surface area contributed by atoms with Crippen LogP contribution in [0.15, 0.2) is 24.3 Å². The molecule has 0 aromatic heterocycles. The van der Waals surface area contributed by atoms with E-state index in [1.54, 1.807) is 0 Å². The van der Waals surface area contributed by atoms with E-state index in [1.165, 1.54) is 30.4 Å². The minimum Gasteiger partial charge on any atom is -0.550 e. The Labute approximate surface area is 120 Å². The number of carbonyl (C=O) groups is 1. The van der Waals surface area contributed by atoms with Gasteiger partial charge in [0, 0.05) is 11.4 Å². The van der Waals surface area contributed by atoms with Crippen LogP contribution in [-0.4, -0.2) is 5.97 Å². The number of hydrogen-bond acceptors (Lipinski definition) is 2. The number of benzene rings is 1. The number of rotatable bonds is 2. The fourth-order valence-electron chi connectivity index (χ4n) is 5.75. The summed E-state index contributed by atoms with van der Waals surface area (Å²) in [5.41, 5.74) is 2.21. The molecule has 2 nitrogen and oxygen atoms in total. The lowest BCUT2D eigenvalue weighted by atomic mass is 9.43. The average Bonchev–Trinajstić information content (AvgIpc) is 2.37. The lowest BCUT2D eigenvalue weighted by Gasteiger charge is -2.62. The van der Waals surface area contributed by atoms with E-state index in [1.807, 2.05) is 0 Å². The normalized spacial score (nSPS) is 41.9. The Morgan fingerprint density at radius 3 is 2.25 bits per heavy atom. The van der Waals surface area contributed by atoms with Crippen molar-refractivity contribution in [2.24, 2.45) is 17.3 Å². The van der Waals surface area contributed by atoms with Crippen molar-refractivity contribution >= 4 is 5.97 Å². The van der Waals surface area contributed by atoms with Crippen LogP contribution in [0.5, 0.6) is 0 Å². The largest absolute Gasteiger partial charge is 0.550 e. The molecule has 0 radical (unpaired) electrons. The fraction of sp³-hybridized carbons (Fsp3) is 0.611. The van der Waals surface area contributed by atoms with Crippen LogP contribution in [0.1, 0.15) is 49.7 Å². The summed E-state index contributed by atoms with van der Waals surface area (Å²) < 4.78 is 0. The Morgan fingerprint density at radius 1 is 1.10 bits per heavy atom. The molecule has 0 heterocycles. The van der Waals surface area contributed by atoms with Crippen molar-refractivity contribution in [3.05, 3.63) is 35.4 Å². The Balaban J connectivity index is 1.79. The van der Waals surface area contributed by atoms with Crippen molar-refractivity contribution < 1.29 is 9.90 Å². The van der Waals surface area contributed by atoms with Gasteiger partial charge in [-0.3, -0.25) is 0 Å². The van der Waals surface area contributed by atoms with Crippen LogP contribution in [0.4, 0.5) is 0 Å². The second kappa shape index (κ2) is 3.87. The third-order valence-corrected chi connectivity index (χ3v) is 6.16. The molecule has 1 aromatic rings. The molecule has 0 aliphatic heterocycles. The van der Waals surface area contributed by atoms with Gasteiger partial charge in [0.2, 0.25) is 0 Å². The molecular weight excluding hydrogens is 248 g/mol. The smallest absolute Gasteiger partial charge is 0.0476 e. The van der Waals surface area contributed by atoms with Crippen LogP contribution in [0, 0.1) is 24.2 Å². The van der Waals surface area contributed by atoms with Crippen LogP contribution in [0.25, 0.3) is 0 Å². The fourth-order valence-corrected chi connectivity index (χ4v) is 5.75. The SMILES string of the molecule is Cc1ccc(C23CC4CC(CC(C(=O)[O-])(C4)C2)C3)cc1. The molecule has 2 unspecified atom stereocenters. The van der Waals surface area contributed by atoms with E-state index < -0.39 is 11.4 Å². The summed E-state index contributed by atoms with van der Waals surface area (Å²) in [6.45, 7) is 2.10. The molecule has 106 valence electrons. The molecule has 4 aliphatic rings. The van der Waals surface area contributed by atoms with Crippen molar-refractivity contribution in [1.82, 2.24) is 0 Å². The Kier molecular flexibility index (Phi) is 2.40. The summed E-state index contributed by atoms with van der Waals surface area (Å²) >= 11 is 0. The predicted molar refractivity (Wildman–Crippen MR) is 75.0 cm³/mol. The quantitative estimate of drug-likeness (QED) is 0.828. The number of hydrogen-bond donors (Lipinski definition) is 0. The van der Waals surface area contributed by atoms with E-state index in [2.05, 4.69) is 31.2 Å². The van der Waals surface area contributed by atoms with Gasteiger partial charge in [-0.2, -0.15) is 0 Å². The van der Waals surface area contributed by atoms with Crippen LogP contribution >= 0.6 is 0 Å². The van der Waals surface area contributed by atoms with Crippen molar-refractivity contribution in [2.45, 2.75) is 50.9 Å². The Hall–Kier alpha value is -1.31. The van der Waals surface area contributed by atoms with Gasteiger partial charge >= 0.3 is 0 Å². The highest BCUT2D eigenvalue weighted by Gasteiger charge is 2.58. The predicted octanol–water partition coefficient (Wildman–Crippen LogP) is 2.58. The molecule has 4 fully saturated rings. The van der Waals surface area contributed by atoms with Crippen LogP contribution < -0.4 is 5.11 Å². The maximum atomic E-state index is 11.8. The molecule has 4 saturated carbocycles. The van der Waals surface area contributed by atoms with Gasteiger partial charge in [-0.15, -0.1) is 0 Å². The van der Waals surface area contributed by atoms with Crippen LogP contribution in [0.3, 0.4) is 0 Å². The van der Waals surface area contributed by atoms with Gasteiger partial charge in [0.1, 0.15) is 0 Å². The third-order valence-electron chi connectivity index (χ3n) is 6.16. The van der Waals surface area contributed by atoms with E-state index in [0.717, 1.165) is 19.3 Å². The molecule has 2 heteroatoms. The highest BCUT2D eigenvalue weighted by molar-refractivity contribution is 5.73. The van der Waals surface area contributed by atoms with E-state index in [0.29, 0.717) is 11.8 Å². The van der Waals surface area contributed by atoms with Gasteiger partial charge < -0.3 is 9.90 Å².